The summed E-state index contributed by atoms with van der Waals surface area (Å²) in [4.78, 5) is 24.5. The summed E-state index contributed by atoms with van der Waals surface area (Å²) in [5.74, 6) is 0.984. The molecule has 0 unspecified atom stereocenters. The third-order valence-corrected chi connectivity index (χ3v) is 5.21. The van der Waals surface area contributed by atoms with Gasteiger partial charge in [0.1, 0.15) is 11.4 Å². The molecular formula is C21H24N4O2. The summed E-state index contributed by atoms with van der Waals surface area (Å²) in [6.45, 7) is 4.30. The van der Waals surface area contributed by atoms with Gasteiger partial charge in [-0.1, -0.05) is 18.2 Å². The second kappa shape index (κ2) is 7.80. The van der Waals surface area contributed by atoms with Gasteiger partial charge in [-0.05, 0) is 30.2 Å². The van der Waals surface area contributed by atoms with E-state index in [9.17, 15) is 4.79 Å². The summed E-state index contributed by atoms with van der Waals surface area (Å²) in [6, 6.07) is 11.4. The zero-order valence-corrected chi connectivity index (χ0v) is 15.5. The van der Waals surface area contributed by atoms with E-state index in [4.69, 9.17) is 4.74 Å². The third-order valence-electron chi connectivity index (χ3n) is 5.21. The molecule has 2 aromatic heterocycles. The van der Waals surface area contributed by atoms with Gasteiger partial charge in [0, 0.05) is 50.7 Å². The number of benzene rings is 1. The Labute approximate surface area is 158 Å². The number of H-pyrrole nitrogens is 1. The Balaban J connectivity index is 1.35. The lowest BCUT2D eigenvalue weighted by Crippen LogP contribution is -2.49. The molecule has 140 valence electrons. The topological polar surface area (TPSA) is 61.5 Å². The van der Waals surface area contributed by atoms with Crippen molar-refractivity contribution in [1.82, 2.24) is 19.8 Å². The number of pyridine rings is 1. The van der Waals surface area contributed by atoms with Crippen LogP contribution in [-0.2, 0) is 6.42 Å². The van der Waals surface area contributed by atoms with E-state index in [0.717, 1.165) is 61.5 Å². The number of aromatic nitrogens is 2. The van der Waals surface area contributed by atoms with Crippen LogP contribution in [0.15, 0.2) is 48.8 Å². The first-order valence-corrected chi connectivity index (χ1v) is 9.32. The maximum atomic E-state index is 12.6. The molecule has 1 saturated heterocycles. The Morgan fingerprint density at radius 2 is 1.93 bits per heavy atom. The summed E-state index contributed by atoms with van der Waals surface area (Å²) in [7, 11) is 1.69. The maximum Gasteiger partial charge on any atom is 0.253 e. The van der Waals surface area contributed by atoms with E-state index in [-0.39, 0.29) is 5.91 Å². The van der Waals surface area contributed by atoms with Gasteiger partial charge in [0.05, 0.1) is 12.5 Å². The van der Waals surface area contributed by atoms with Crippen LogP contribution in [0.3, 0.4) is 0 Å². The van der Waals surface area contributed by atoms with Crippen LogP contribution < -0.4 is 4.74 Å². The van der Waals surface area contributed by atoms with Gasteiger partial charge in [0.25, 0.3) is 5.91 Å². The summed E-state index contributed by atoms with van der Waals surface area (Å²) >= 11 is 0. The van der Waals surface area contributed by atoms with Gasteiger partial charge in [0.2, 0.25) is 0 Å². The van der Waals surface area contributed by atoms with Gasteiger partial charge in [0.15, 0.2) is 0 Å². The number of nitrogens with zero attached hydrogens (tertiary/aromatic N) is 3. The average molecular weight is 364 g/mol. The molecule has 3 heterocycles. The van der Waals surface area contributed by atoms with Crippen molar-refractivity contribution in [2.75, 3.05) is 39.8 Å². The fourth-order valence-corrected chi connectivity index (χ4v) is 3.68. The number of nitrogens with one attached hydrogen (secondary N) is 1. The summed E-state index contributed by atoms with van der Waals surface area (Å²) in [5, 5.41) is 1.07. The predicted molar refractivity (Wildman–Crippen MR) is 105 cm³/mol. The zero-order chi connectivity index (χ0) is 18.6. The normalized spacial score (nSPS) is 15.2. The Hall–Kier alpha value is -2.86. The number of fused-ring (bicyclic) bond motifs is 1. The van der Waals surface area contributed by atoms with Crippen molar-refractivity contribution >= 4 is 16.9 Å². The summed E-state index contributed by atoms with van der Waals surface area (Å²) in [6.07, 6.45) is 4.70. The molecule has 1 aliphatic heterocycles. The second-order valence-corrected chi connectivity index (χ2v) is 6.80. The van der Waals surface area contributed by atoms with E-state index >= 15 is 0 Å². The van der Waals surface area contributed by atoms with E-state index < -0.39 is 0 Å². The minimum Gasteiger partial charge on any atom is -0.496 e. The Morgan fingerprint density at radius 1 is 1.15 bits per heavy atom. The average Bonchev–Trinajstić information content (AvgIpc) is 3.16. The molecule has 27 heavy (non-hydrogen) atoms. The summed E-state index contributed by atoms with van der Waals surface area (Å²) < 4.78 is 5.48. The van der Waals surface area contributed by atoms with E-state index in [2.05, 4.69) is 14.9 Å². The minimum absolute atomic E-state index is 0.127. The number of carbonyl (C=O) groups is 1. The van der Waals surface area contributed by atoms with E-state index in [1.807, 2.05) is 47.5 Å². The molecule has 0 saturated carbocycles. The van der Waals surface area contributed by atoms with Crippen molar-refractivity contribution in [3.63, 3.8) is 0 Å². The molecule has 0 atom stereocenters. The highest BCUT2D eigenvalue weighted by atomic mass is 16.5. The number of hydrogen-bond donors (Lipinski definition) is 1. The molecule has 1 aliphatic rings. The number of hydrogen-bond acceptors (Lipinski definition) is 4. The van der Waals surface area contributed by atoms with Crippen LogP contribution in [0.5, 0.6) is 5.75 Å². The predicted octanol–water partition coefficient (Wildman–Crippen LogP) is 2.57. The standard InChI is InChI=1S/C21H24N4O2/c1-27-18-7-9-22-20-19(18)17(15-23-20)8-10-24-11-13-25(14-12-24)21(26)16-5-3-2-4-6-16/h2-7,9,15H,8,10-14H2,1H3,(H,22,23). The maximum absolute atomic E-state index is 12.6. The van der Waals surface area contributed by atoms with Gasteiger partial charge in [-0.3, -0.25) is 9.69 Å². The number of rotatable bonds is 5. The first-order chi connectivity index (χ1) is 13.3. The molecule has 1 aromatic carbocycles. The van der Waals surface area contributed by atoms with Gasteiger partial charge in [-0.25, -0.2) is 4.98 Å². The largest absolute Gasteiger partial charge is 0.496 e. The number of amides is 1. The van der Waals surface area contributed by atoms with Crippen molar-refractivity contribution in [1.29, 1.82) is 0 Å². The SMILES string of the molecule is COc1ccnc2[nH]cc(CCN3CCN(C(=O)c4ccccc4)CC3)c12. The second-order valence-electron chi connectivity index (χ2n) is 6.80. The smallest absolute Gasteiger partial charge is 0.253 e. The Morgan fingerprint density at radius 3 is 2.67 bits per heavy atom. The number of aromatic amines is 1. The number of ether oxygens (including phenoxy) is 1. The lowest BCUT2D eigenvalue weighted by atomic mass is 10.1. The molecular weight excluding hydrogens is 340 g/mol. The quantitative estimate of drug-likeness (QED) is 0.756. The molecule has 6 heteroatoms. The van der Waals surface area contributed by atoms with Crippen molar-refractivity contribution in [2.24, 2.45) is 0 Å². The highest BCUT2D eigenvalue weighted by Gasteiger charge is 2.22. The lowest BCUT2D eigenvalue weighted by Gasteiger charge is -2.34. The molecule has 1 N–H and O–H groups in total. The monoisotopic (exact) mass is 364 g/mol. The van der Waals surface area contributed by atoms with Gasteiger partial charge in [-0.15, -0.1) is 0 Å². The van der Waals surface area contributed by atoms with Crippen molar-refractivity contribution in [2.45, 2.75) is 6.42 Å². The lowest BCUT2D eigenvalue weighted by molar-refractivity contribution is 0.0638. The first-order valence-electron chi connectivity index (χ1n) is 9.32. The van der Waals surface area contributed by atoms with Crippen LogP contribution in [-0.4, -0.2) is 65.5 Å². The first kappa shape index (κ1) is 17.5. The molecule has 0 radical (unpaired) electrons. The molecule has 0 aliphatic carbocycles. The van der Waals surface area contributed by atoms with Crippen LogP contribution in [0.1, 0.15) is 15.9 Å². The van der Waals surface area contributed by atoms with Crippen LogP contribution in [0.2, 0.25) is 0 Å². The highest BCUT2D eigenvalue weighted by Crippen LogP contribution is 2.27. The molecule has 3 aromatic rings. The van der Waals surface area contributed by atoms with Crippen LogP contribution in [0.25, 0.3) is 11.0 Å². The van der Waals surface area contributed by atoms with E-state index in [0.29, 0.717) is 0 Å². The fourth-order valence-electron chi connectivity index (χ4n) is 3.68. The van der Waals surface area contributed by atoms with E-state index in [1.54, 1.807) is 13.3 Å². The molecule has 1 amide bonds. The Kier molecular flexibility index (Phi) is 5.07. The molecule has 4 rings (SSSR count). The Bertz CT molecular complexity index is 914. The van der Waals surface area contributed by atoms with Crippen molar-refractivity contribution < 1.29 is 9.53 Å². The van der Waals surface area contributed by atoms with Crippen LogP contribution in [0, 0.1) is 0 Å². The molecule has 0 spiro atoms. The summed E-state index contributed by atoms with van der Waals surface area (Å²) in [5.41, 5.74) is 2.85. The number of piperazine rings is 1. The van der Waals surface area contributed by atoms with Gasteiger partial charge < -0.3 is 14.6 Å². The highest BCUT2D eigenvalue weighted by molar-refractivity contribution is 5.94. The van der Waals surface area contributed by atoms with Crippen LogP contribution >= 0.6 is 0 Å². The van der Waals surface area contributed by atoms with Gasteiger partial charge >= 0.3 is 0 Å². The molecule has 6 nitrogen and oxygen atoms in total. The van der Waals surface area contributed by atoms with Gasteiger partial charge in [-0.2, -0.15) is 0 Å². The van der Waals surface area contributed by atoms with Crippen LogP contribution in [0.4, 0.5) is 0 Å². The van der Waals surface area contributed by atoms with Crippen molar-refractivity contribution in [3.05, 3.63) is 59.9 Å². The molecule has 0 bridgehead atoms. The number of carbonyl (C=O) groups excluding carboxylic acids is 1. The molecule has 1 fully saturated rings. The number of methoxy groups -OCH3 is 1. The third kappa shape index (κ3) is 3.66. The zero-order valence-electron chi connectivity index (χ0n) is 15.5. The minimum atomic E-state index is 0.127. The fraction of sp³-hybridized carbons (Fsp3) is 0.333. The van der Waals surface area contributed by atoms with Crippen molar-refractivity contribution in [3.8, 4) is 5.75 Å². The van der Waals surface area contributed by atoms with E-state index in [1.165, 1.54) is 5.56 Å².